The first-order chi connectivity index (χ1) is 22.4. The van der Waals surface area contributed by atoms with Crippen molar-refractivity contribution in [1.29, 1.82) is 0 Å². The highest BCUT2D eigenvalue weighted by Crippen LogP contribution is 2.56. The summed E-state index contributed by atoms with van der Waals surface area (Å²) in [6.45, 7) is 16.0. The predicted octanol–water partition coefficient (Wildman–Crippen LogP) is 2.61. The van der Waals surface area contributed by atoms with Crippen LogP contribution in [0.1, 0.15) is 67.7 Å². The van der Waals surface area contributed by atoms with Crippen LogP contribution in [0.25, 0.3) is 0 Å². The second-order valence-corrected chi connectivity index (χ2v) is 14.7. The Kier molecular flexibility index (Phi) is 12.4. The van der Waals surface area contributed by atoms with Gasteiger partial charge in [-0.1, -0.05) is 37.1 Å². The molecule has 4 aliphatic rings. The largest absolute Gasteiger partial charge is 0.465 e. The normalized spacial score (nSPS) is 39.1. The van der Waals surface area contributed by atoms with Gasteiger partial charge in [0.15, 0.2) is 12.4 Å². The summed E-state index contributed by atoms with van der Waals surface area (Å²) in [5.74, 6) is -1.70. The van der Waals surface area contributed by atoms with Crippen molar-refractivity contribution in [2.75, 3.05) is 26.9 Å². The number of fused-ring (bicyclic) bond motifs is 2. The van der Waals surface area contributed by atoms with E-state index in [1.54, 1.807) is 27.0 Å². The number of aliphatic hydroxyl groups is 4. The van der Waals surface area contributed by atoms with Crippen LogP contribution in [0.4, 0.5) is 0 Å². The third-order valence-electron chi connectivity index (χ3n) is 10.8. The molecule has 1 heterocycles. The minimum atomic E-state index is -1.63. The van der Waals surface area contributed by atoms with E-state index in [9.17, 15) is 30.0 Å². The van der Waals surface area contributed by atoms with E-state index < -0.39 is 72.0 Å². The maximum absolute atomic E-state index is 12.3. The lowest BCUT2D eigenvalue weighted by molar-refractivity contribution is -0.320. The van der Waals surface area contributed by atoms with Crippen LogP contribution >= 0.6 is 0 Å². The fourth-order valence-electron chi connectivity index (χ4n) is 7.88. The van der Waals surface area contributed by atoms with E-state index in [0.717, 1.165) is 24.0 Å². The van der Waals surface area contributed by atoms with Gasteiger partial charge in [-0.05, 0) is 57.4 Å². The molecular weight excluding hydrogens is 624 g/mol. The fourth-order valence-corrected chi connectivity index (χ4v) is 7.88. The summed E-state index contributed by atoms with van der Waals surface area (Å²) in [4.78, 5) is 23.8. The number of carbonyl (C=O) groups excluding carboxylic acids is 2. The summed E-state index contributed by atoms with van der Waals surface area (Å²) >= 11 is 0. The van der Waals surface area contributed by atoms with Gasteiger partial charge in [0.05, 0.1) is 37.6 Å². The molecule has 0 unspecified atom stereocenters. The summed E-state index contributed by atoms with van der Waals surface area (Å²) < 4.78 is 35.1. The van der Waals surface area contributed by atoms with Gasteiger partial charge in [-0.25, -0.2) is 0 Å². The lowest BCUT2D eigenvalue weighted by atomic mass is 9.68. The molecule has 12 nitrogen and oxygen atoms in total. The number of rotatable bonds is 12. The molecule has 1 saturated carbocycles. The maximum Gasteiger partial charge on any atom is 0.303 e. The lowest BCUT2D eigenvalue weighted by Crippen LogP contribution is -2.62. The van der Waals surface area contributed by atoms with E-state index in [2.05, 4.69) is 12.7 Å². The van der Waals surface area contributed by atoms with Crippen molar-refractivity contribution >= 4 is 11.9 Å². The number of ether oxygens (including phenoxy) is 6. The van der Waals surface area contributed by atoms with E-state index >= 15 is 0 Å². The number of aliphatic hydroxyl groups excluding tert-OH is 4. The topological polar surface area (TPSA) is 170 Å². The summed E-state index contributed by atoms with van der Waals surface area (Å²) in [6.07, 6.45) is -4.54. The summed E-state index contributed by atoms with van der Waals surface area (Å²) in [5.41, 5.74) is 0.746. The molecule has 1 saturated heterocycles. The minimum Gasteiger partial charge on any atom is -0.465 e. The smallest absolute Gasteiger partial charge is 0.303 e. The zero-order valence-electron chi connectivity index (χ0n) is 29.6. The minimum absolute atomic E-state index is 0.0190. The average molecular weight is 681 g/mol. The lowest BCUT2D eigenvalue weighted by Gasteiger charge is -2.47. The van der Waals surface area contributed by atoms with Gasteiger partial charge in [-0.3, -0.25) is 9.59 Å². The molecule has 4 rings (SSSR count). The van der Waals surface area contributed by atoms with Gasteiger partial charge < -0.3 is 48.8 Å². The Labute approximate surface area is 284 Å². The SMILES string of the molecule is C=CC(C)(C)OC[C@@H]1O[C@H](O[C@@H]2C3=C([C@H](C)COC(C)=O)C[C@H](O)[C@@]3(C)C=C3[C@H](COC)CC[C@@H]3[C@H](C)[C@@H]2O)[C@@H](O)[C@H](OC(C)=O)[C@H]1O. The number of esters is 2. The highest BCUT2D eigenvalue weighted by Gasteiger charge is 2.56. The molecule has 272 valence electrons. The second-order valence-electron chi connectivity index (χ2n) is 14.7. The average Bonchev–Trinajstić information content (AvgIpc) is 3.52. The van der Waals surface area contributed by atoms with Crippen LogP contribution in [-0.4, -0.2) is 114 Å². The van der Waals surface area contributed by atoms with Crippen LogP contribution in [0.5, 0.6) is 0 Å². The van der Waals surface area contributed by atoms with Gasteiger partial charge in [0.2, 0.25) is 0 Å². The molecule has 0 aromatic carbocycles. The third kappa shape index (κ3) is 7.91. The molecule has 0 aromatic rings. The van der Waals surface area contributed by atoms with Crippen LogP contribution in [0.3, 0.4) is 0 Å². The zero-order chi connectivity index (χ0) is 35.7. The van der Waals surface area contributed by atoms with Gasteiger partial charge in [-0.15, -0.1) is 6.58 Å². The van der Waals surface area contributed by atoms with Crippen molar-refractivity contribution in [1.82, 2.24) is 0 Å². The van der Waals surface area contributed by atoms with Crippen LogP contribution in [0.15, 0.2) is 35.5 Å². The standard InChI is InChI=1S/C36H56O12/c1-10-35(6,7)45-17-26-30(41)33(46-21(5)38)31(42)34(47-26)48-32-28-24(18(2)15-44-20(4)37)13-27(39)36(28,8)14-25-22(16-43-9)11-12-23(25)19(3)29(32)40/h10,14,18-19,22-23,26-27,29-34,39-42H,1,11-13,15-17H2,2-9H3/t18-,19+,22+,23-,26+,27+,29+,30+,31+,32-,33-,34-,36-/m1/s1. The van der Waals surface area contributed by atoms with Crippen LogP contribution in [-0.2, 0) is 38.0 Å². The number of hydrogen-bond acceptors (Lipinski definition) is 12. The van der Waals surface area contributed by atoms with Crippen molar-refractivity contribution in [3.63, 3.8) is 0 Å². The Balaban J connectivity index is 1.82. The summed E-state index contributed by atoms with van der Waals surface area (Å²) in [7, 11) is 1.66. The van der Waals surface area contributed by atoms with Crippen molar-refractivity contribution in [3.8, 4) is 0 Å². The highest BCUT2D eigenvalue weighted by atomic mass is 16.7. The van der Waals surface area contributed by atoms with Gasteiger partial charge in [-0.2, -0.15) is 0 Å². The van der Waals surface area contributed by atoms with E-state index in [0.29, 0.717) is 12.2 Å². The van der Waals surface area contributed by atoms with Crippen molar-refractivity contribution in [2.45, 2.75) is 122 Å². The van der Waals surface area contributed by atoms with Crippen LogP contribution in [0.2, 0.25) is 0 Å². The molecule has 13 atom stereocenters. The molecule has 2 fully saturated rings. The van der Waals surface area contributed by atoms with Crippen molar-refractivity contribution < 1.29 is 58.4 Å². The first kappa shape index (κ1) is 38.6. The summed E-state index contributed by atoms with van der Waals surface area (Å²) in [5, 5.41) is 46.7. The van der Waals surface area contributed by atoms with Gasteiger partial charge in [0, 0.05) is 38.2 Å². The number of methoxy groups -OCH3 is 1. The van der Waals surface area contributed by atoms with Crippen molar-refractivity contribution in [3.05, 3.63) is 35.5 Å². The Hall–Kier alpha value is -2.16. The van der Waals surface area contributed by atoms with Crippen LogP contribution in [0, 0.1) is 29.1 Å². The molecule has 0 aromatic heterocycles. The molecule has 0 amide bonds. The van der Waals surface area contributed by atoms with E-state index in [1.807, 2.05) is 20.8 Å². The summed E-state index contributed by atoms with van der Waals surface area (Å²) in [6, 6.07) is 0. The predicted molar refractivity (Wildman–Crippen MR) is 174 cm³/mol. The monoisotopic (exact) mass is 680 g/mol. The first-order valence-corrected chi connectivity index (χ1v) is 17.0. The molecule has 3 aliphatic carbocycles. The Bertz CT molecular complexity index is 1240. The maximum atomic E-state index is 12.3. The number of carbonyl (C=O) groups is 2. The Morgan fingerprint density at radius 1 is 1.10 bits per heavy atom. The quantitative estimate of drug-likeness (QED) is 0.176. The molecule has 4 N–H and O–H groups in total. The molecule has 48 heavy (non-hydrogen) atoms. The van der Waals surface area contributed by atoms with Gasteiger partial charge >= 0.3 is 11.9 Å². The van der Waals surface area contributed by atoms with E-state index in [-0.39, 0.29) is 43.3 Å². The van der Waals surface area contributed by atoms with Crippen LogP contribution < -0.4 is 0 Å². The Morgan fingerprint density at radius 3 is 2.40 bits per heavy atom. The molecule has 0 spiro atoms. The van der Waals surface area contributed by atoms with E-state index in [1.165, 1.54) is 13.8 Å². The molecule has 12 heteroatoms. The van der Waals surface area contributed by atoms with E-state index in [4.69, 9.17) is 28.4 Å². The number of hydrogen-bond donors (Lipinski definition) is 4. The first-order valence-electron chi connectivity index (χ1n) is 17.0. The van der Waals surface area contributed by atoms with Gasteiger partial charge in [0.1, 0.15) is 24.4 Å². The molecule has 0 bridgehead atoms. The fraction of sp³-hybridized carbons (Fsp3) is 0.778. The molecule has 1 aliphatic heterocycles. The molecular formula is C36H56O12. The Morgan fingerprint density at radius 2 is 1.79 bits per heavy atom. The van der Waals surface area contributed by atoms with Crippen molar-refractivity contribution in [2.24, 2.45) is 29.1 Å². The van der Waals surface area contributed by atoms with Gasteiger partial charge in [0.25, 0.3) is 0 Å². The third-order valence-corrected chi connectivity index (χ3v) is 10.8. The highest BCUT2D eigenvalue weighted by molar-refractivity contribution is 5.66. The zero-order valence-corrected chi connectivity index (χ0v) is 29.6. The molecule has 0 radical (unpaired) electrons. The second kappa shape index (κ2) is 15.4.